The fourth-order valence-corrected chi connectivity index (χ4v) is 0.405. The number of halogens is 3. The average molecular weight is 147 g/mol. The lowest BCUT2D eigenvalue weighted by Gasteiger charge is -2.01. The zero-order valence-corrected chi connectivity index (χ0v) is 4.68. The van der Waals surface area contributed by atoms with Crippen LogP contribution in [0.15, 0.2) is 12.5 Å². The Balaban J connectivity index is 2.97. The van der Waals surface area contributed by atoms with Crippen LogP contribution < -0.4 is 0 Å². The molecule has 2 nitrogen and oxygen atoms in total. The fourth-order valence-electron chi connectivity index (χ4n) is 0.405. The lowest BCUT2D eigenvalue weighted by Crippen LogP contribution is -2.05. The van der Waals surface area contributed by atoms with Gasteiger partial charge in [0.1, 0.15) is 18.1 Å². The number of aromatic nitrogens is 2. The second-order valence-electron chi connectivity index (χ2n) is 1.55. The minimum absolute atomic E-state index is 0.674. The van der Waals surface area contributed by atoms with E-state index < -0.39 is 11.7 Å². The van der Waals surface area contributed by atoms with Crippen molar-refractivity contribution in [1.82, 2.24) is 9.97 Å². The van der Waals surface area contributed by atoms with Crippen molar-refractivity contribution in [2.24, 2.45) is 0 Å². The van der Waals surface area contributed by atoms with E-state index in [0.29, 0.717) is 6.20 Å². The molecule has 0 aliphatic heterocycles. The Hall–Kier alpha value is -1.13. The number of hydrogen-bond donors (Lipinski definition) is 0. The van der Waals surface area contributed by atoms with E-state index in [0.717, 1.165) is 6.33 Å². The van der Waals surface area contributed by atoms with Crippen molar-refractivity contribution in [1.29, 1.82) is 0 Å². The van der Waals surface area contributed by atoms with Gasteiger partial charge in [-0.25, -0.2) is 9.97 Å². The number of nitrogens with zero attached hydrogens (tertiary/aromatic N) is 2. The topological polar surface area (TPSA) is 25.8 Å². The monoisotopic (exact) mass is 147 g/mol. The molecule has 0 spiro atoms. The van der Waals surface area contributed by atoms with Gasteiger partial charge in [0.05, 0.1) is 0 Å². The van der Waals surface area contributed by atoms with Crippen molar-refractivity contribution < 1.29 is 13.2 Å². The van der Waals surface area contributed by atoms with Crippen LogP contribution in [0.2, 0.25) is 0 Å². The molecular weight excluding hydrogens is 145 g/mol. The highest BCUT2D eigenvalue weighted by atomic mass is 19.4. The summed E-state index contributed by atoms with van der Waals surface area (Å²) >= 11 is 0. The van der Waals surface area contributed by atoms with Crippen LogP contribution in [0, 0.1) is 6.20 Å². The van der Waals surface area contributed by atoms with Gasteiger partial charge in [0.25, 0.3) is 0 Å². The molecule has 0 unspecified atom stereocenters. The standard InChI is InChI=1S/C5H2F3N2/c6-5(7,8)4-1-9-3-10-2-4/h1,3H. The number of hydrogen-bond acceptors (Lipinski definition) is 2. The van der Waals surface area contributed by atoms with Gasteiger partial charge in [0, 0.05) is 6.20 Å². The van der Waals surface area contributed by atoms with E-state index in [9.17, 15) is 13.2 Å². The van der Waals surface area contributed by atoms with Crippen molar-refractivity contribution in [2.45, 2.75) is 6.18 Å². The Bertz CT molecular complexity index is 206. The van der Waals surface area contributed by atoms with Crippen LogP contribution in [0.25, 0.3) is 0 Å². The average Bonchev–Trinajstić information content (AvgIpc) is 1.88. The summed E-state index contributed by atoms with van der Waals surface area (Å²) in [5, 5.41) is 0. The van der Waals surface area contributed by atoms with Gasteiger partial charge in [-0.2, -0.15) is 13.2 Å². The highest BCUT2D eigenvalue weighted by Crippen LogP contribution is 2.26. The summed E-state index contributed by atoms with van der Waals surface area (Å²) in [4.78, 5) is 6.28. The molecule has 0 saturated heterocycles. The van der Waals surface area contributed by atoms with Crippen LogP contribution in [-0.2, 0) is 6.18 Å². The summed E-state index contributed by atoms with van der Waals surface area (Å²) in [5.41, 5.74) is -0.949. The summed E-state index contributed by atoms with van der Waals surface area (Å²) in [7, 11) is 0. The number of rotatable bonds is 0. The molecule has 1 aromatic heterocycles. The van der Waals surface area contributed by atoms with Gasteiger partial charge in [-0.1, -0.05) is 0 Å². The van der Waals surface area contributed by atoms with Gasteiger partial charge in [0.2, 0.25) is 0 Å². The predicted molar refractivity (Wildman–Crippen MR) is 25.9 cm³/mol. The zero-order valence-electron chi connectivity index (χ0n) is 4.68. The maximum Gasteiger partial charge on any atom is 0.420 e. The molecule has 0 fully saturated rings. The van der Waals surface area contributed by atoms with E-state index in [4.69, 9.17) is 0 Å². The van der Waals surface area contributed by atoms with Crippen LogP contribution in [0.3, 0.4) is 0 Å². The SMILES string of the molecule is FC(F)(F)c1[c]ncnc1. The summed E-state index contributed by atoms with van der Waals surface area (Å²) in [6.07, 6.45) is -0.948. The molecule has 1 aromatic rings. The Morgan fingerprint density at radius 1 is 1.40 bits per heavy atom. The third-order valence-corrected chi connectivity index (χ3v) is 0.818. The maximum atomic E-state index is 11.7. The molecule has 0 aromatic carbocycles. The molecule has 0 amide bonds. The summed E-state index contributed by atoms with van der Waals surface area (Å²) in [6.45, 7) is 0. The molecule has 1 rings (SSSR count). The van der Waals surface area contributed by atoms with E-state index in [1.807, 2.05) is 0 Å². The summed E-state index contributed by atoms with van der Waals surface area (Å²) in [6, 6.07) is 0. The van der Waals surface area contributed by atoms with Crippen molar-refractivity contribution in [3.8, 4) is 0 Å². The zero-order chi connectivity index (χ0) is 7.61. The number of alkyl halides is 3. The first-order valence-electron chi connectivity index (χ1n) is 2.35. The Kier molecular flexibility index (Phi) is 1.57. The van der Waals surface area contributed by atoms with Crippen molar-refractivity contribution in [3.63, 3.8) is 0 Å². The van der Waals surface area contributed by atoms with E-state index in [1.54, 1.807) is 6.20 Å². The lowest BCUT2D eigenvalue weighted by atomic mass is 10.3. The van der Waals surface area contributed by atoms with Gasteiger partial charge in [-0.05, 0) is 0 Å². The molecular formula is C5H2F3N2. The van der Waals surface area contributed by atoms with Crippen molar-refractivity contribution >= 4 is 0 Å². The van der Waals surface area contributed by atoms with Crippen LogP contribution in [-0.4, -0.2) is 9.97 Å². The smallest absolute Gasteiger partial charge is 0.244 e. The van der Waals surface area contributed by atoms with E-state index in [-0.39, 0.29) is 0 Å². The van der Waals surface area contributed by atoms with Crippen molar-refractivity contribution in [3.05, 3.63) is 24.3 Å². The summed E-state index contributed by atoms with van der Waals surface area (Å²) < 4.78 is 35.0. The minimum Gasteiger partial charge on any atom is -0.244 e. The molecule has 1 heterocycles. The highest BCUT2D eigenvalue weighted by Gasteiger charge is 2.31. The molecule has 53 valence electrons. The van der Waals surface area contributed by atoms with Crippen LogP contribution in [0.5, 0.6) is 0 Å². The third kappa shape index (κ3) is 1.43. The molecule has 0 bridgehead atoms. The Morgan fingerprint density at radius 2 is 2.10 bits per heavy atom. The van der Waals surface area contributed by atoms with Gasteiger partial charge < -0.3 is 0 Å². The molecule has 1 radical (unpaired) electrons. The first-order valence-corrected chi connectivity index (χ1v) is 2.35. The van der Waals surface area contributed by atoms with Gasteiger partial charge in [-0.15, -0.1) is 0 Å². The lowest BCUT2D eigenvalue weighted by molar-refractivity contribution is -0.138. The van der Waals surface area contributed by atoms with Gasteiger partial charge in [0.15, 0.2) is 0 Å². The quantitative estimate of drug-likeness (QED) is 0.552. The largest absolute Gasteiger partial charge is 0.420 e. The molecule has 5 heteroatoms. The van der Waals surface area contributed by atoms with E-state index in [2.05, 4.69) is 9.97 Å². The maximum absolute atomic E-state index is 11.7. The van der Waals surface area contributed by atoms with Gasteiger partial charge >= 0.3 is 6.18 Å². The molecule has 0 saturated carbocycles. The Morgan fingerprint density at radius 3 is 2.40 bits per heavy atom. The molecule has 0 N–H and O–H groups in total. The third-order valence-electron chi connectivity index (χ3n) is 0.818. The Labute approximate surface area is 54.7 Å². The second kappa shape index (κ2) is 2.24. The normalized spacial score (nSPS) is 11.5. The van der Waals surface area contributed by atoms with Crippen LogP contribution in [0.1, 0.15) is 5.56 Å². The fraction of sp³-hybridized carbons (Fsp3) is 0.200. The molecule has 0 atom stereocenters. The van der Waals surface area contributed by atoms with Gasteiger partial charge in [-0.3, -0.25) is 0 Å². The highest BCUT2D eigenvalue weighted by molar-refractivity contribution is 5.04. The van der Waals surface area contributed by atoms with Crippen molar-refractivity contribution in [2.75, 3.05) is 0 Å². The predicted octanol–water partition coefficient (Wildman–Crippen LogP) is 1.30. The molecule has 10 heavy (non-hydrogen) atoms. The van der Waals surface area contributed by atoms with E-state index in [1.165, 1.54) is 0 Å². The second-order valence-corrected chi connectivity index (χ2v) is 1.55. The van der Waals surface area contributed by atoms with Crippen LogP contribution >= 0.6 is 0 Å². The molecule has 0 aliphatic carbocycles. The molecule has 0 aliphatic rings. The first-order chi connectivity index (χ1) is 4.61. The first kappa shape index (κ1) is 6.98. The van der Waals surface area contributed by atoms with Crippen LogP contribution in [0.4, 0.5) is 13.2 Å². The minimum atomic E-state index is -4.39. The van der Waals surface area contributed by atoms with E-state index >= 15 is 0 Å². The summed E-state index contributed by atoms with van der Waals surface area (Å²) in [5.74, 6) is 0.